The van der Waals surface area contributed by atoms with Crippen LogP contribution in [0.15, 0.2) is 0 Å². The van der Waals surface area contributed by atoms with Crippen LogP contribution in [0.5, 0.6) is 0 Å². The van der Waals surface area contributed by atoms with Crippen LogP contribution in [0, 0.1) is 0 Å². The summed E-state index contributed by atoms with van der Waals surface area (Å²) in [6.45, 7) is 1.81. The highest BCUT2D eigenvalue weighted by molar-refractivity contribution is 4.81. The highest BCUT2D eigenvalue weighted by Gasteiger charge is 2.32. The summed E-state index contributed by atoms with van der Waals surface area (Å²) in [5, 5.41) is 18.0. The smallest absolute Gasteiger partial charge is 0.182 e. The molecule has 0 aliphatic carbocycles. The topological polar surface area (TPSA) is 75.7 Å². The molecule has 0 bridgehead atoms. The van der Waals surface area contributed by atoms with Crippen LogP contribution >= 0.6 is 0 Å². The molecule has 4 atom stereocenters. The summed E-state index contributed by atoms with van der Waals surface area (Å²) in [5.41, 5.74) is 5.47. The molecule has 4 heteroatoms. The van der Waals surface area contributed by atoms with Crippen LogP contribution in [0.25, 0.3) is 0 Å². The Morgan fingerprint density at radius 1 is 1.50 bits per heavy atom. The zero-order valence-electron chi connectivity index (χ0n) is 5.90. The minimum atomic E-state index is -1.11. The third-order valence-electron chi connectivity index (χ3n) is 1.71. The molecular formula is C6H13NO3. The fourth-order valence-corrected chi connectivity index (χ4v) is 1.11. The van der Waals surface area contributed by atoms with E-state index in [-0.39, 0.29) is 12.1 Å². The maximum absolute atomic E-state index is 9.06. The molecule has 0 amide bonds. The van der Waals surface area contributed by atoms with Crippen LogP contribution in [-0.4, -0.2) is 34.8 Å². The lowest BCUT2D eigenvalue weighted by Crippen LogP contribution is -2.51. The molecule has 0 spiro atoms. The SMILES string of the molecule is CC1C[C@H](N)C(O)[C@H](O)O1. The second-order valence-corrected chi connectivity index (χ2v) is 2.73. The van der Waals surface area contributed by atoms with Crippen molar-refractivity contribution >= 4 is 0 Å². The fraction of sp³-hybridized carbons (Fsp3) is 1.00. The van der Waals surface area contributed by atoms with Crippen LogP contribution in [0.2, 0.25) is 0 Å². The van der Waals surface area contributed by atoms with Crippen LogP contribution in [0.1, 0.15) is 13.3 Å². The molecule has 0 radical (unpaired) electrons. The summed E-state index contributed by atoms with van der Waals surface area (Å²) in [4.78, 5) is 0. The van der Waals surface area contributed by atoms with Gasteiger partial charge in [0.25, 0.3) is 0 Å². The van der Waals surface area contributed by atoms with Gasteiger partial charge in [-0.05, 0) is 13.3 Å². The van der Waals surface area contributed by atoms with E-state index >= 15 is 0 Å². The van der Waals surface area contributed by atoms with Crippen LogP contribution in [0.4, 0.5) is 0 Å². The Kier molecular flexibility index (Phi) is 2.25. The van der Waals surface area contributed by atoms with Crippen molar-refractivity contribution in [2.45, 2.75) is 37.9 Å². The molecule has 1 aliphatic heterocycles. The average Bonchev–Trinajstić information content (AvgIpc) is 1.82. The second kappa shape index (κ2) is 2.84. The van der Waals surface area contributed by atoms with E-state index in [4.69, 9.17) is 20.7 Å². The van der Waals surface area contributed by atoms with Gasteiger partial charge in [0, 0.05) is 6.04 Å². The van der Waals surface area contributed by atoms with Gasteiger partial charge in [0.1, 0.15) is 6.10 Å². The summed E-state index contributed by atoms with van der Waals surface area (Å²) in [6.07, 6.45) is -1.51. The van der Waals surface area contributed by atoms with Gasteiger partial charge in [-0.3, -0.25) is 0 Å². The van der Waals surface area contributed by atoms with E-state index in [2.05, 4.69) is 0 Å². The number of nitrogens with two attached hydrogens (primary N) is 1. The summed E-state index contributed by atoms with van der Waals surface area (Å²) in [7, 11) is 0. The lowest BCUT2D eigenvalue weighted by molar-refractivity contribution is -0.216. The average molecular weight is 147 g/mol. The van der Waals surface area contributed by atoms with Gasteiger partial charge in [-0.2, -0.15) is 0 Å². The molecule has 4 nitrogen and oxygen atoms in total. The zero-order chi connectivity index (χ0) is 7.72. The van der Waals surface area contributed by atoms with E-state index in [9.17, 15) is 0 Å². The van der Waals surface area contributed by atoms with E-state index in [0.717, 1.165) is 0 Å². The largest absolute Gasteiger partial charge is 0.386 e. The highest BCUT2D eigenvalue weighted by Crippen LogP contribution is 2.16. The van der Waals surface area contributed by atoms with Crippen molar-refractivity contribution in [2.24, 2.45) is 5.73 Å². The van der Waals surface area contributed by atoms with Gasteiger partial charge in [-0.1, -0.05) is 0 Å². The number of aliphatic hydroxyl groups excluding tert-OH is 2. The van der Waals surface area contributed by atoms with Gasteiger partial charge in [-0.25, -0.2) is 0 Å². The Morgan fingerprint density at radius 3 is 2.60 bits per heavy atom. The summed E-state index contributed by atoms with van der Waals surface area (Å²) >= 11 is 0. The Balaban J connectivity index is 2.49. The standard InChI is InChI=1S/C6H13NO3/c1-3-2-4(7)5(8)6(9)10-3/h3-6,8-9H,2,7H2,1H3/t3?,4-,5?,6+/m0/s1. The van der Waals surface area contributed by atoms with E-state index in [1.807, 2.05) is 6.92 Å². The minimum absolute atomic E-state index is 0.0617. The Hall–Kier alpha value is -0.160. The van der Waals surface area contributed by atoms with E-state index in [1.54, 1.807) is 0 Å². The summed E-state index contributed by atoms with van der Waals surface area (Å²) in [6, 6.07) is -0.362. The van der Waals surface area contributed by atoms with Crippen molar-refractivity contribution in [1.82, 2.24) is 0 Å². The first-order chi connectivity index (χ1) is 4.61. The predicted molar refractivity (Wildman–Crippen MR) is 35.2 cm³/mol. The number of hydrogen-bond acceptors (Lipinski definition) is 4. The second-order valence-electron chi connectivity index (χ2n) is 2.73. The number of rotatable bonds is 0. The quantitative estimate of drug-likeness (QED) is 0.402. The first-order valence-corrected chi connectivity index (χ1v) is 3.38. The van der Waals surface area contributed by atoms with Gasteiger partial charge in [0.05, 0.1) is 6.10 Å². The molecule has 60 valence electrons. The lowest BCUT2D eigenvalue weighted by atomic mass is 10.0. The van der Waals surface area contributed by atoms with Gasteiger partial charge in [0.15, 0.2) is 6.29 Å². The molecule has 0 aromatic carbocycles. The molecular weight excluding hydrogens is 134 g/mol. The first-order valence-electron chi connectivity index (χ1n) is 3.38. The molecule has 0 aromatic heterocycles. The Morgan fingerprint density at radius 2 is 2.10 bits per heavy atom. The third kappa shape index (κ3) is 1.46. The summed E-state index contributed by atoms with van der Waals surface area (Å²) in [5.74, 6) is 0. The van der Waals surface area contributed by atoms with Crippen molar-refractivity contribution < 1.29 is 14.9 Å². The molecule has 1 rings (SSSR count). The van der Waals surface area contributed by atoms with Crippen LogP contribution < -0.4 is 5.73 Å². The van der Waals surface area contributed by atoms with E-state index in [0.29, 0.717) is 6.42 Å². The molecule has 0 aromatic rings. The molecule has 0 saturated carbocycles. The monoisotopic (exact) mass is 147 g/mol. The highest BCUT2D eigenvalue weighted by atomic mass is 16.6. The fourth-order valence-electron chi connectivity index (χ4n) is 1.11. The Bertz CT molecular complexity index is 108. The molecule has 1 fully saturated rings. The molecule has 4 N–H and O–H groups in total. The normalized spacial score (nSPS) is 49.2. The van der Waals surface area contributed by atoms with Crippen molar-refractivity contribution in [3.63, 3.8) is 0 Å². The maximum Gasteiger partial charge on any atom is 0.182 e. The predicted octanol–water partition coefficient (Wildman–Crippen LogP) is -1.20. The van der Waals surface area contributed by atoms with Gasteiger partial charge < -0.3 is 20.7 Å². The van der Waals surface area contributed by atoms with E-state index < -0.39 is 12.4 Å². The molecule has 2 unspecified atom stereocenters. The van der Waals surface area contributed by atoms with Crippen molar-refractivity contribution in [2.75, 3.05) is 0 Å². The number of aliphatic hydroxyl groups is 2. The van der Waals surface area contributed by atoms with Crippen molar-refractivity contribution in [1.29, 1.82) is 0 Å². The minimum Gasteiger partial charge on any atom is -0.386 e. The molecule has 1 aliphatic rings. The van der Waals surface area contributed by atoms with Gasteiger partial charge in [-0.15, -0.1) is 0 Å². The maximum atomic E-state index is 9.06. The van der Waals surface area contributed by atoms with Crippen molar-refractivity contribution in [3.8, 4) is 0 Å². The third-order valence-corrected chi connectivity index (χ3v) is 1.71. The number of hydrogen-bond donors (Lipinski definition) is 3. The molecule has 10 heavy (non-hydrogen) atoms. The molecule has 1 heterocycles. The van der Waals surface area contributed by atoms with Gasteiger partial charge in [0.2, 0.25) is 0 Å². The lowest BCUT2D eigenvalue weighted by Gasteiger charge is -2.33. The molecule has 1 saturated heterocycles. The number of ether oxygens (including phenoxy) is 1. The summed E-state index contributed by atoms with van der Waals surface area (Å²) < 4.78 is 4.89. The first kappa shape index (κ1) is 7.94. The van der Waals surface area contributed by atoms with Crippen LogP contribution in [-0.2, 0) is 4.74 Å². The zero-order valence-corrected chi connectivity index (χ0v) is 5.90. The Labute approximate surface area is 59.6 Å². The van der Waals surface area contributed by atoms with Gasteiger partial charge >= 0.3 is 0 Å². The van der Waals surface area contributed by atoms with E-state index in [1.165, 1.54) is 0 Å². The van der Waals surface area contributed by atoms with Crippen molar-refractivity contribution in [3.05, 3.63) is 0 Å². The van der Waals surface area contributed by atoms with Crippen LogP contribution in [0.3, 0.4) is 0 Å².